The van der Waals surface area contributed by atoms with Gasteiger partial charge in [0.2, 0.25) is 0 Å². The van der Waals surface area contributed by atoms with Crippen LogP contribution >= 0.6 is 0 Å². The van der Waals surface area contributed by atoms with E-state index < -0.39 is 10.1 Å². The van der Waals surface area contributed by atoms with E-state index in [0.29, 0.717) is 19.4 Å². The SMILES string of the molecule is CCCCCCCc1cccc(OCCCCS(=O)(=O)[O-])c1CCCCCCC.[Na+]. The van der Waals surface area contributed by atoms with Gasteiger partial charge in [0.05, 0.1) is 16.7 Å². The van der Waals surface area contributed by atoms with Gasteiger partial charge in [0.15, 0.2) is 0 Å². The fraction of sp³-hybridized carbons (Fsp3) is 0.750. The van der Waals surface area contributed by atoms with Crippen molar-refractivity contribution in [1.29, 1.82) is 0 Å². The van der Waals surface area contributed by atoms with E-state index in [1.54, 1.807) is 0 Å². The number of hydrogen-bond acceptors (Lipinski definition) is 4. The smallest absolute Gasteiger partial charge is 0.748 e. The van der Waals surface area contributed by atoms with Gasteiger partial charge in [0.1, 0.15) is 5.75 Å². The minimum Gasteiger partial charge on any atom is -0.748 e. The molecule has 0 unspecified atom stereocenters. The number of rotatable bonds is 18. The minimum absolute atomic E-state index is 0. The first-order valence-corrected chi connectivity index (χ1v) is 13.2. The van der Waals surface area contributed by atoms with Crippen molar-refractivity contribution in [3.05, 3.63) is 29.3 Å². The van der Waals surface area contributed by atoms with Crippen molar-refractivity contribution in [2.75, 3.05) is 12.4 Å². The largest absolute Gasteiger partial charge is 1.00 e. The van der Waals surface area contributed by atoms with Gasteiger partial charge < -0.3 is 9.29 Å². The third kappa shape index (κ3) is 14.9. The molecule has 6 heteroatoms. The fourth-order valence-electron chi connectivity index (χ4n) is 3.65. The molecule has 1 rings (SSSR count). The summed E-state index contributed by atoms with van der Waals surface area (Å²) in [7, 11) is -4.13. The average molecular weight is 449 g/mol. The molecule has 0 amide bonds. The zero-order chi connectivity index (χ0) is 21.4. The molecule has 0 bridgehead atoms. The second-order valence-electron chi connectivity index (χ2n) is 8.04. The van der Waals surface area contributed by atoms with Crippen molar-refractivity contribution in [3.8, 4) is 5.75 Å². The molecule has 0 aliphatic carbocycles. The average Bonchev–Trinajstić information content (AvgIpc) is 2.67. The van der Waals surface area contributed by atoms with Crippen molar-refractivity contribution in [2.45, 2.75) is 104 Å². The van der Waals surface area contributed by atoms with Crippen molar-refractivity contribution >= 4 is 10.1 Å². The van der Waals surface area contributed by atoms with Gasteiger partial charge in [-0.1, -0.05) is 77.3 Å². The normalized spacial score (nSPS) is 11.3. The molecule has 0 saturated heterocycles. The first-order valence-electron chi connectivity index (χ1n) is 11.6. The molecule has 0 N–H and O–H groups in total. The van der Waals surface area contributed by atoms with Gasteiger partial charge in [-0.25, -0.2) is 8.42 Å². The van der Waals surface area contributed by atoms with E-state index in [-0.39, 0.29) is 35.3 Å². The maximum atomic E-state index is 10.7. The summed E-state index contributed by atoms with van der Waals surface area (Å²) in [5, 5.41) is 0. The number of benzene rings is 1. The zero-order valence-corrected chi connectivity index (χ0v) is 22.4. The van der Waals surface area contributed by atoms with E-state index in [9.17, 15) is 13.0 Å². The van der Waals surface area contributed by atoms with E-state index in [1.165, 1.54) is 75.3 Å². The van der Waals surface area contributed by atoms with Gasteiger partial charge in [0.25, 0.3) is 0 Å². The van der Waals surface area contributed by atoms with Crippen molar-refractivity contribution in [2.24, 2.45) is 0 Å². The van der Waals surface area contributed by atoms with Crippen LogP contribution in [0.1, 0.15) is 102 Å². The predicted molar refractivity (Wildman–Crippen MR) is 121 cm³/mol. The third-order valence-electron chi connectivity index (χ3n) is 5.36. The molecule has 0 fully saturated rings. The van der Waals surface area contributed by atoms with Crippen LogP contribution in [0.4, 0.5) is 0 Å². The molecule has 0 spiro atoms. The van der Waals surface area contributed by atoms with Crippen LogP contribution in [0.5, 0.6) is 5.75 Å². The van der Waals surface area contributed by atoms with Gasteiger partial charge in [0, 0.05) is 5.75 Å². The Labute approximate surface area is 207 Å². The van der Waals surface area contributed by atoms with Crippen LogP contribution in [0.2, 0.25) is 0 Å². The zero-order valence-electron chi connectivity index (χ0n) is 19.6. The molecule has 0 atom stereocenters. The molecule has 1 aromatic carbocycles. The monoisotopic (exact) mass is 448 g/mol. The molecule has 168 valence electrons. The molecule has 0 aromatic heterocycles. The minimum atomic E-state index is -4.13. The van der Waals surface area contributed by atoms with Crippen LogP contribution in [-0.2, 0) is 23.0 Å². The van der Waals surface area contributed by atoms with Gasteiger partial charge in [-0.2, -0.15) is 0 Å². The topological polar surface area (TPSA) is 66.4 Å². The van der Waals surface area contributed by atoms with Crippen molar-refractivity contribution < 1.29 is 47.3 Å². The summed E-state index contributed by atoms with van der Waals surface area (Å²) < 4.78 is 38.2. The Morgan fingerprint density at radius 3 is 2.00 bits per heavy atom. The second-order valence-corrected chi connectivity index (χ2v) is 9.56. The van der Waals surface area contributed by atoms with Crippen LogP contribution in [-0.4, -0.2) is 25.3 Å². The third-order valence-corrected chi connectivity index (χ3v) is 6.14. The van der Waals surface area contributed by atoms with Gasteiger partial charge >= 0.3 is 29.6 Å². The van der Waals surface area contributed by atoms with Gasteiger partial charge in [-0.05, 0) is 55.7 Å². The molecule has 0 aliphatic rings. The molecule has 30 heavy (non-hydrogen) atoms. The maximum Gasteiger partial charge on any atom is 1.00 e. The number of hydrogen-bond donors (Lipinski definition) is 0. The fourth-order valence-corrected chi connectivity index (χ4v) is 4.21. The van der Waals surface area contributed by atoms with Gasteiger partial charge in [-0.15, -0.1) is 0 Å². The molecule has 1 aromatic rings. The molecule has 0 radical (unpaired) electrons. The number of unbranched alkanes of at least 4 members (excludes halogenated alkanes) is 9. The van der Waals surface area contributed by atoms with E-state index in [4.69, 9.17) is 4.74 Å². The maximum absolute atomic E-state index is 10.7. The molecular formula is C24H41NaO4S. The summed E-state index contributed by atoms with van der Waals surface area (Å²) in [5.74, 6) is 0.634. The van der Waals surface area contributed by atoms with Crippen LogP contribution in [0.3, 0.4) is 0 Å². The summed E-state index contributed by atoms with van der Waals surface area (Å²) in [4.78, 5) is 0. The Hall–Kier alpha value is -0.0700. The standard InChI is InChI=1S/C24H42O4S.Na/c1-3-5-7-9-11-16-22-17-15-19-24(23(22)18-12-10-8-6-4-2)28-20-13-14-21-29(25,26)27;/h15,17,19H,3-14,16,18,20-21H2,1-2H3,(H,25,26,27);/q;+1/p-1. The summed E-state index contributed by atoms with van der Waals surface area (Å²) in [5.41, 5.74) is 2.73. The summed E-state index contributed by atoms with van der Waals surface area (Å²) in [6.45, 7) is 4.93. The molecule has 4 nitrogen and oxygen atoms in total. The first-order chi connectivity index (χ1) is 14.0. The Bertz CT molecular complexity index is 647. The van der Waals surface area contributed by atoms with Crippen LogP contribution < -0.4 is 34.3 Å². The van der Waals surface area contributed by atoms with Gasteiger partial charge in [-0.3, -0.25) is 0 Å². The Kier molecular flexibility index (Phi) is 18.5. The molecule has 0 heterocycles. The number of aryl methyl sites for hydroxylation is 1. The summed E-state index contributed by atoms with van der Waals surface area (Å²) in [6.07, 6.45) is 15.7. The second kappa shape index (κ2) is 18.5. The van der Waals surface area contributed by atoms with E-state index in [0.717, 1.165) is 18.6 Å². The molecule has 0 aliphatic heterocycles. The summed E-state index contributed by atoms with van der Waals surface area (Å²) >= 11 is 0. The molecule has 0 saturated carbocycles. The Morgan fingerprint density at radius 2 is 1.40 bits per heavy atom. The van der Waals surface area contributed by atoms with Crippen LogP contribution in [0, 0.1) is 0 Å². The Morgan fingerprint density at radius 1 is 0.800 bits per heavy atom. The van der Waals surface area contributed by atoms with E-state index >= 15 is 0 Å². The van der Waals surface area contributed by atoms with Crippen LogP contribution in [0.25, 0.3) is 0 Å². The van der Waals surface area contributed by atoms with Crippen molar-refractivity contribution in [3.63, 3.8) is 0 Å². The molecular weight excluding hydrogens is 407 g/mol. The van der Waals surface area contributed by atoms with E-state index in [1.807, 2.05) is 6.07 Å². The summed E-state index contributed by atoms with van der Waals surface area (Å²) in [6, 6.07) is 6.34. The Balaban J connectivity index is 0.00000841. The first kappa shape index (κ1) is 29.9. The van der Waals surface area contributed by atoms with Crippen LogP contribution in [0.15, 0.2) is 18.2 Å². The van der Waals surface area contributed by atoms with E-state index in [2.05, 4.69) is 26.0 Å². The number of ether oxygens (including phenoxy) is 1. The van der Waals surface area contributed by atoms with Crippen molar-refractivity contribution in [1.82, 2.24) is 0 Å². The quantitative estimate of drug-likeness (QED) is 0.196. The predicted octanol–water partition coefficient (Wildman–Crippen LogP) is 3.42.